The van der Waals surface area contributed by atoms with Gasteiger partial charge in [0.15, 0.2) is 0 Å². The molecule has 0 aliphatic heterocycles. The van der Waals surface area contributed by atoms with Crippen LogP contribution in [0.2, 0.25) is 0 Å². The number of rotatable bonds is 2. The summed E-state index contributed by atoms with van der Waals surface area (Å²) < 4.78 is 15.8. The highest BCUT2D eigenvalue weighted by molar-refractivity contribution is 5.83. The number of benzene rings is 2. The SMILES string of the molecule is Fc1cccc2c1ccn2Cc1ccnc2ccccc12. The smallest absolute Gasteiger partial charge is 0.132 e. The normalized spacial score (nSPS) is 11.3. The van der Waals surface area contributed by atoms with Crippen molar-refractivity contribution in [2.75, 3.05) is 0 Å². The van der Waals surface area contributed by atoms with Crippen LogP contribution in [0.3, 0.4) is 0 Å². The fourth-order valence-corrected chi connectivity index (χ4v) is 2.80. The number of fused-ring (bicyclic) bond motifs is 2. The molecule has 0 atom stereocenters. The largest absolute Gasteiger partial charge is 0.343 e. The molecule has 0 radical (unpaired) electrons. The number of hydrogen-bond acceptors (Lipinski definition) is 1. The van der Waals surface area contributed by atoms with E-state index >= 15 is 0 Å². The van der Waals surface area contributed by atoms with E-state index in [1.807, 2.05) is 48.8 Å². The third-order valence-corrected chi connectivity index (χ3v) is 3.84. The Morgan fingerprint density at radius 3 is 2.76 bits per heavy atom. The van der Waals surface area contributed by atoms with Crippen LogP contribution in [0.25, 0.3) is 21.8 Å². The molecular formula is C18H13FN2. The van der Waals surface area contributed by atoms with Gasteiger partial charge in [-0.2, -0.15) is 0 Å². The van der Waals surface area contributed by atoms with Gasteiger partial charge in [0.2, 0.25) is 0 Å². The van der Waals surface area contributed by atoms with Gasteiger partial charge in [-0.1, -0.05) is 24.3 Å². The van der Waals surface area contributed by atoms with Crippen molar-refractivity contribution in [3.05, 3.63) is 78.4 Å². The van der Waals surface area contributed by atoms with Crippen molar-refractivity contribution in [1.82, 2.24) is 9.55 Å². The van der Waals surface area contributed by atoms with E-state index in [0.717, 1.165) is 16.4 Å². The first kappa shape index (κ1) is 12.1. The molecule has 0 fully saturated rings. The summed E-state index contributed by atoms with van der Waals surface area (Å²) in [7, 11) is 0. The van der Waals surface area contributed by atoms with Crippen molar-refractivity contribution in [1.29, 1.82) is 0 Å². The van der Waals surface area contributed by atoms with E-state index in [4.69, 9.17) is 0 Å². The number of pyridine rings is 1. The van der Waals surface area contributed by atoms with E-state index in [2.05, 4.69) is 15.6 Å². The predicted molar refractivity (Wildman–Crippen MR) is 82.7 cm³/mol. The lowest BCUT2D eigenvalue weighted by Gasteiger charge is -2.08. The number of nitrogens with zero attached hydrogens (tertiary/aromatic N) is 2. The second kappa shape index (κ2) is 4.70. The quantitative estimate of drug-likeness (QED) is 0.531. The average molecular weight is 276 g/mol. The van der Waals surface area contributed by atoms with Crippen molar-refractivity contribution in [3.8, 4) is 0 Å². The molecule has 0 amide bonds. The Morgan fingerprint density at radius 2 is 1.81 bits per heavy atom. The lowest BCUT2D eigenvalue weighted by Crippen LogP contribution is -1.99. The Morgan fingerprint density at radius 1 is 0.905 bits per heavy atom. The van der Waals surface area contributed by atoms with Crippen LogP contribution in [0.15, 0.2) is 67.0 Å². The second-order valence-corrected chi connectivity index (χ2v) is 5.10. The van der Waals surface area contributed by atoms with Gasteiger partial charge in [-0.25, -0.2) is 4.39 Å². The summed E-state index contributed by atoms with van der Waals surface area (Å²) in [6, 6.07) is 17.1. The molecule has 0 unspecified atom stereocenters. The number of hydrogen-bond donors (Lipinski definition) is 0. The molecule has 21 heavy (non-hydrogen) atoms. The molecule has 0 bridgehead atoms. The Hall–Kier alpha value is -2.68. The number of halogens is 1. The maximum atomic E-state index is 13.8. The van der Waals surface area contributed by atoms with Gasteiger partial charge < -0.3 is 4.57 Å². The molecule has 0 aliphatic rings. The summed E-state index contributed by atoms with van der Waals surface area (Å²) in [5, 5.41) is 1.80. The third kappa shape index (κ3) is 1.98. The third-order valence-electron chi connectivity index (χ3n) is 3.84. The monoisotopic (exact) mass is 276 g/mol. The Kier molecular flexibility index (Phi) is 2.71. The fourth-order valence-electron chi connectivity index (χ4n) is 2.80. The van der Waals surface area contributed by atoms with E-state index in [-0.39, 0.29) is 5.82 Å². The van der Waals surface area contributed by atoms with Crippen molar-refractivity contribution < 1.29 is 4.39 Å². The molecule has 0 N–H and O–H groups in total. The minimum atomic E-state index is -0.175. The topological polar surface area (TPSA) is 17.8 Å². The summed E-state index contributed by atoms with van der Waals surface area (Å²) in [5.74, 6) is -0.175. The van der Waals surface area contributed by atoms with Crippen LogP contribution < -0.4 is 0 Å². The van der Waals surface area contributed by atoms with Gasteiger partial charge in [-0.15, -0.1) is 0 Å². The molecule has 0 spiro atoms. The van der Waals surface area contributed by atoms with E-state index in [0.29, 0.717) is 11.9 Å². The molecule has 2 aromatic heterocycles. The van der Waals surface area contributed by atoms with Gasteiger partial charge in [0, 0.05) is 29.7 Å². The molecule has 102 valence electrons. The van der Waals surface area contributed by atoms with E-state index < -0.39 is 0 Å². The zero-order chi connectivity index (χ0) is 14.2. The Bertz CT molecular complexity index is 935. The zero-order valence-electron chi connectivity index (χ0n) is 11.3. The first-order valence-corrected chi connectivity index (χ1v) is 6.89. The number of para-hydroxylation sites is 1. The molecule has 0 saturated heterocycles. The van der Waals surface area contributed by atoms with E-state index in [1.54, 1.807) is 6.07 Å². The highest BCUT2D eigenvalue weighted by Crippen LogP contribution is 2.22. The van der Waals surface area contributed by atoms with Crippen LogP contribution in [0.1, 0.15) is 5.56 Å². The van der Waals surface area contributed by atoms with E-state index in [1.165, 1.54) is 11.6 Å². The van der Waals surface area contributed by atoms with Gasteiger partial charge in [0.25, 0.3) is 0 Å². The Balaban J connectivity index is 1.85. The highest BCUT2D eigenvalue weighted by atomic mass is 19.1. The highest BCUT2D eigenvalue weighted by Gasteiger charge is 2.07. The van der Waals surface area contributed by atoms with Gasteiger partial charge in [-0.05, 0) is 35.9 Å². The van der Waals surface area contributed by atoms with E-state index in [9.17, 15) is 4.39 Å². The maximum Gasteiger partial charge on any atom is 0.132 e. The molecule has 0 aliphatic carbocycles. The molecule has 4 rings (SSSR count). The first-order valence-electron chi connectivity index (χ1n) is 6.89. The van der Waals surface area contributed by atoms with Crippen molar-refractivity contribution >= 4 is 21.8 Å². The maximum absolute atomic E-state index is 13.8. The second-order valence-electron chi connectivity index (χ2n) is 5.10. The molecule has 2 nitrogen and oxygen atoms in total. The van der Waals surface area contributed by atoms with Crippen molar-refractivity contribution in [2.24, 2.45) is 0 Å². The summed E-state index contributed by atoms with van der Waals surface area (Å²) in [4.78, 5) is 4.38. The fraction of sp³-hybridized carbons (Fsp3) is 0.0556. The lowest BCUT2D eigenvalue weighted by atomic mass is 10.1. The van der Waals surface area contributed by atoms with Crippen LogP contribution in [-0.4, -0.2) is 9.55 Å². The molecule has 3 heteroatoms. The summed E-state index contributed by atoms with van der Waals surface area (Å²) in [5.41, 5.74) is 3.08. The summed E-state index contributed by atoms with van der Waals surface area (Å²) in [6.45, 7) is 0.704. The van der Waals surface area contributed by atoms with Crippen LogP contribution in [-0.2, 0) is 6.54 Å². The van der Waals surface area contributed by atoms with Gasteiger partial charge in [0.1, 0.15) is 5.82 Å². The summed E-state index contributed by atoms with van der Waals surface area (Å²) >= 11 is 0. The zero-order valence-corrected chi connectivity index (χ0v) is 11.3. The van der Waals surface area contributed by atoms with Crippen molar-refractivity contribution in [3.63, 3.8) is 0 Å². The van der Waals surface area contributed by atoms with Gasteiger partial charge in [-0.3, -0.25) is 4.98 Å². The average Bonchev–Trinajstić information content (AvgIpc) is 2.92. The lowest BCUT2D eigenvalue weighted by molar-refractivity contribution is 0.639. The standard InChI is InChI=1S/C18H13FN2/c19-16-5-3-7-18-15(16)9-11-21(18)12-13-8-10-20-17-6-2-1-4-14(13)17/h1-11H,12H2. The first-order chi connectivity index (χ1) is 10.3. The molecule has 0 saturated carbocycles. The van der Waals surface area contributed by atoms with Gasteiger partial charge in [0.05, 0.1) is 11.0 Å². The summed E-state index contributed by atoms with van der Waals surface area (Å²) in [6.07, 6.45) is 3.76. The minimum absolute atomic E-state index is 0.175. The van der Waals surface area contributed by atoms with Gasteiger partial charge >= 0.3 is 0 Å². The van der Waals surface area contributed by atoms with Crippen LogP contribution in [0.4, 0.5) is 4.39 Å². The Labute approximate surface area is 121 Å². The molecule has 2 aromatic carbocycles. The predicted octanol–water partition coefficient (Wildman–Crippen LogP) is 4.38. The van der Waals surface area contributed by atoms with Crippen LogP contribution >= 0.6 is 0 Å². The minimum Gasteiger partial charge on any atom is -0.343 e. The van der Waals surface area contributed by atoms with Crippen LogP contribution in [0.5, 0.6) is 0 Å². The van der Waals surface area contributed by atoms with Crippen LogP contribution in [0, 0.1) is 5.82 Å². The number of aromatic nitrogens is 2. The van der Waals surface area contributed by atoms with Crippen molar-refractivity contribution in [2.45, 2.75) is 6.54 Å². The molecule has 2 heterocycles. The molecular weight excluding hydrogens is 263 g/mol. The molecule has 4 aromatic rings.